The Morgan fingerprint density at radius 1 is 1.45 bits per heavy atom. The molecule has 1 atom stereocenters. The van der Waals surface area contributed by atoms with E-state index >= 15 is 0 Å². The van der Waals surface area contributed by atoms with Crippen molar-refractivity contribution in [2.24, 2.45) is 0 Å². The lowest BCUT2D eigenvalue weighted by Gasteiger charge is -2.23. The summed E-state index contributed by atoms with van der Waals surface area (Å²) in [7, 11) is -3.61. The summed E-state index contributed by atoms with van der Waals surface area (Å²) in [6, 6.07) is 3.66. The number of hydrogen-bond acceptors (Lipinski definition) is 3. The lowest BCUT2D eigenvalue weighted by Crippen LogP contribution is -2.37. The number of amides is 1. The molecule has 0 spiro atoms. The van der Waals surface area contributed by atoms with Gasteiger partial charge in [-0.15, -0.1) is 0 Å². The second-order valence-electron chi connectivity index (χ2n) is 5.06. The minimum absolute atomic E-state index is 0.00635. The summed E-state index contributed by atoms with van der Waals surface area (Å²) < 4.78 is 38.0. The van der Waals surface area contributed by atoms with E-state index in [0.29, 0.717) is 0 Å². The van der Waals surface area contributed by atoms with Crippen LogP contribution in [-0.2, 0) is 14.8 Å². The van der Waals surface area contributed by atoms with Crippen LogP contribution in [0.25, 0.3) is 0 Å². The van der Waals surface area contributed by atoms with Crippen LogP contribution in [0.5, 0.6) is 0 Å². The maximum atomic E-state index is 13.2. The Bertz CT molecular complexity index is 637. The van der Waals surface area contributed by atoms with E-state index in [1.807, 2.05) is 13.8 Å². The SMILES string of the molecule is CCC(C)NC(=O)CCN(c1ccc(F)c(Cl)c1)S(C)(=O)=O. The molecule has 0 bridgehead atoms. The van der Waals surface area contributed by atoms with Gasteiger partial charge in [0.15, 0.2) is 0 Å². The van der Waals surface area contributed by atoms with Crippen molar-refractivity contribution in [3.63, 3.8) is 0 Å². The minimum atomic E-state index is -3.61. The van der Waals surface area contributed by atoms with E-state index in [0.717, 1.165) is 23.0 Å². The second-order valence-corrected chi connectivity index (χ2v) is 7.37. The Balaban J connectivity index is 2.87. The molecule has 1 amide bonds. The number of nitrogens with one attached hydrogen (secondary N) is 1. The Hall–Kier alpha value is -1.34. The zero-order valence-corrected chi connectivity index (χ0v) is 14.3. The summed E-state index contributed by atoms with van der Waals surface area (Å²) in [6.07, 6.45) is 1.82. The Labute approximate surface area is 135 Å². The molecule has 0 saturated heterocycles. The highest BCUT2D eigenvalue weighted by atomic mass is 35.5. The van der Waals surface area contributed by atoms with Gasteiger partial charge < -0.3 is 5.32 Å². The van der Waals surface area contributed by atoms with Crippen LogP contribution >= 0.6 is 11.6 Å². The molecule has 1 aromatic rings. The lowest BCUT2D eigenvalue weighted by atomic mass is 10.2. The Kier molecular flexibility index (Phi) is 6.62. The van der Waals surface area contributed by atoms with Gasteiger partial charge in [0.25, 0.3) is 0 Å². The van der Waals surface area contributed by atoms with Gasteiger partial charge in [0.1, 0.15) is 5.82 Å². The van der Waals surface area contributed by atoms with Crippen molar-refractivity contribution in [1.29, 1.82) is 0 Å². The summed E-state index contributed by atoms with van der Waals surface area (Å²) >= 11 is 5.68. The van der Waals surface area contributed by atoms with Gasteiger partial charge in [-0.2, -0.15) is 0 Å². The maximum absolute atomic E-state index is 13.2. The molecule has 1 aromatic carbocycles. The molecule has 0 radical (unpaired) electrons. The molecule has 1 N–H and O–H groups in total. The van der Waals surface area contributed by atoms with Crippen LogP contribution in [0, 0.1) is 5.82 Å². The van der Waals surface area contributed by atoms with E-state index in [2.05, 4.69) is 5.32 Å². The molecule has 5 nitrogen and oxygen atoms in total. The molecular weight excluding hydrogens is 331 g/mol. The van der Waals surface area contributed by atoms with Crippen molar-refractivity contribution in [3.05, 3.63) is 29.0 Å². The van der Waals surface area contributed by atoms with Gasteiger partial charge in [-0.25, -0.2) is 12.8 Å². The van der Waals surface area contributed by atoms with Gasteiger partial charge in [0.05, 0.1) is 17.0 Å². The third-order valence-corrected chi connectivity index (χ3v) is 4.64. The van der Waals surface area contributed by atoms with E-state index in [9.17, 15) is 17.6 Å². The number of benzene rings is 1. The highest BCUT2D eigenvalue weighted by molar-refractivity contribution is 7.92. The highest BCUT2D eigenvalue weighted by Crippen LogP contribution is 2.24. The lowest BCUT2D eigenvalue weighted by molar-refractivity contribution is -0.121. The van der Waals surface area contributed by atoms with Crippen molar-refractivity contribution in [2.75, 3.05) is 17.1 Å². The number of carbonyl (C=O) groups is 1. The van der Waals surface area contributed by atoms with Gasteiger partial charge in [-0.05, 0) is 31.5 Å². The van der Waals surface area contributed by atoms with E-state index in [1.54, 1.807) is 0 Å². The first-order chi connectivity index (χ1) is 10.1. The predicted molar refractivity (Wildman–Crippen MR) is 86.1 cm³/mol. The van der Waals surface area contributed by atoms with Crippen LogP contribution < -0.4 is 9.62 Å². The normalized spacial score (nSPS) is 12.8. The van der Waals surface area contributed by atoms with Gasteiger partial charge in [-0.1, -0.05) is 18.5 Å². The quantitative estimate of drug-likeness (QED) is 0.821. The molecule has 0 saturated carbocycles. The fraction of sp³-hybridized carbons (Fsp3) is 0.500. The van der Waals surface area contributed by atoms with Crippen LogP contribution in [0.1, 0.15) is 26.7 Å². The standard InChI is InChI=1S/C14H20ClFN2O3S/c1-4-10(2)17-14(19)7-8-18(22(3,20)21)11-5-6-13(16)12(15)9-11/h5-6,9-10H,4,7-8H2,1-3H3,(H,17,19). The average Bonchev–Trinajstić information content (AvgIpc) is 2.41. The van der Waals surface area contributed by atoms with Crippen molar-refractivity contribution < 1.29 is 17.6 Å². The zero-order valence-electron chi connectivity index (χ0n) is 12.8. The van der Waals surface area contributed by atoms with Crippen LogP contribution in [0.15, 0.2) is 18.2 Å². The molecular formula is C14H20ClFN2O3S. The fourth-order valence-corrected chi connectivity index (χ4v) is 2.87. The van der Waals surface area contributed by atoms with E-state index in [1.165, 1.54) is 12.1 Å². The largest absolute Gasteiger partial charge is 0.354 e. The molecule has 0 aliphatic carbocycles. The summed E-state index contributed by atoms with van der Waals surface area (Å²) in [5.41, 5.74) is 0.227. The van der Waals surface area contributed by atoms with E-state index in [-0.39, 0.29) is 35.6 Å². The summed E-state index contributed by atoms with van der Waals surface area (Å²) in [5, 5.41) is 2.59. The summed E-state index contributed by atoms with van der Waals surface area (Å²) in [6.45, 7) is 3.77. The van der Waals surface area contributed by atoms with Crippen LogP contribution in [0.2, 0.25) is 5.02 Å². The van der Waals surface area contributed by atoms with Crippen LogP contribution in [-0.4, -0.2) is 33.2 Å². The topological polar surface area (TPSA) is 66.5 Å². The molecule has 1 unspecified atom stereocenters. The smallest absolute Gasteiger partial charge is 0.232 e. The number of carbonyl (C=O) groups excluding carboxylic acids is 1. The predicted octanol–water partition coefficient (Wildman–Crippen LogP) is 2.55. The third-order valence-electron chi connectivity index (χ3n) is 3.15. The van der Waals surface area contributed by atoms with Crippen molar-refractivity contribution in [1.82, 2.24) is 5.32 Å². The number of nitrogens with zero attached hydrogens (tertiary/aromatic N) is 1. The molecule has 0 aliphatic heterocycles. The number of rotatable bonds is 7. The minimum Gasteiger partial charge on any atom is -0.354 e. The molecule has 0 aliphatic rings. The van der Waals surface area contributed by atoms with Crippen LogP contribution in [0.3, 0.4) is 0 Å². The first-order valence-electron chi connectivity index (χ1n) is 6.87. The second kappa shape index (κ2) is 7.78. The van der Waals surface area contributed by atoms with Crippen LogP contribution in [0.4, 0.5) is 10.1 Å². The molecule has 22 heavy (non-hydrogen) atoms. The molecule has 124 valence electrons. The molecule has 0 heterocycles. The van der Waals surface area contributed by atoms with E-state index < -0.39 is 15.8 Å². The molecule has 8 heteroatoms. The number of sulfonamides is 1. The van der Waals surface area contributed by atoms with Gasteiger partial charge >= 0.3 is 0 Å². The zero-order chi connectivity index (χ0) is 16.9. The maximum Gasteiger partial charge on any atom is 0.232 e. The summed E-state index contributed by atoms with van der Waals surface area (Å²) in [4.78, 5) is 11.8. The van der Waals surface area contributed by atoms with Gasteiger partial charge in [-0.3, -0.25) is 9.10 Å². The molecule has 0 fully saturated rings. The number of halogens is 2. The Morgan fingerprint density at radius 3 is 2.59 bits per heavy atom. The van der Waals surface area contributed by atoms with Crippen molar-refractivity contribution >= 4 is 33.2 Å². The van der Waals surface area contributed by atoms with Crippen molar-refractivity contribution in [3.8, 4) is 0 Å². The van der Waals surface area contributed by atoms with E-state index in [4.69, 9.17) is 11.6 Å². The summed E-state index contributed by atoms with van der Waals surface area (Å²) in [5.74, 6) is -0.871. The first kappa shape index (κ1) is 18.7. The highest BCUT2D eigenvalue weighted by Gasteiger charge is 2.20. The van der Waals surface area contributed by atoms with Crippen molar-refractivity contribution in [2.45, 2.75) is 32.7 Å². The third kappa shape index (κ3) is 5.46. The number of anilines is 1. The monoisotopic (exact) mass is 350 g/mol. The fourth-order valence-electron chi connectivity index (χ4n) is 1.78. The average molecular weight is 351 g/mol. The Morgan fingerprint density at radius 2 is 2.09 bits per heavy atom. The first-order valence-corrected chi connectivity index (χ1v) is 9.10. The molecule has 1 rings (SSSR count). The number of hydrogen-bond donors (Lipinski definition) is 1. The van der Waals surface area contributed by atoms with Gasteiger partial charge in [0, 0.05) is 19.0 Å². The molecule has 0 aromatic heterocycles. The van der Waals surface area contributed by atoms with Gasteiger partial charge in [0.2, 0.25) is 15.9 Å².